The monoisotopic (exact) mass is 264 g/mol. The molecule has 1 fully saturated rings. The second-order valence-corrected chi connectivity index (χ2v) is 6.43. The van der Waals surface area contributed by atoms with Crippen molar-refractivity contribution in [2.45, 2.75) is 44.6 Å². The molecule has 4 heteroatoms. The molecule has 0 aromatic carbocycles. The van der Waals surface area contributed by atoms with Crippen LogP contribution in [0.2, 0.25) is 0 Å². The van der Waals surface area contributed by atoms with E-state index in [1.807, 2.05) is 4.90 Å². The van der Waals surface area contributed by atoms with Crippen molar-refractivity contribution in [1.82, 2.24) is 4.90 Å². The number of fused-ring (bicyclic) bond motifs is 1. The molecule has 1 unspecified atom stereocenters. The Morgan fingerprint density at radius 3 is 3.06 bits per heavy atom. The molecule has 0 saturated carbocycles. The van der Waals surface area contributed by atoms with Crippen LogP contribution in [0.1, 0.15) is 45.8 Å². The van der Waals surface area contributed by atoms with Crippen LogP contribution in [-0.4, -0.2) is 29.9 Å². The molecule has 3 rings (SSSR count). The number of carbonyl (C=O) groups excluding carboxylic acids is 1. The number of piperidine rings is 1. The molecule has 0 bridgehead atoms. The van der Waals surface area contributed by atoms with Gasteiger partial charge in [0.2, 0.25) is 0 Å². The zero-order chi connectivity index (χ0) is 12.5. The van der Waals surface area contributed by atoms with Gasteiger partial charge in [-0.1, -0.05) is 0 Å². The Hall–Kier alpha value is -0.870. The van der Waals surface area contributed by atoms with Crippen LogP contribution in [0.15, 0.2) is 6.07 Å². The second-order valence-electron chi connectivity index (χ2n) is 5.30. The highest BCUT2D eigenvalue weighted by molar-refractivity contribution is 7.14. The van der Waals surface area contributed by atoms with Crippen LogP contribution in [0.25, 0.3) is 0 Å². The van der Waals surface area contributed by atoms with Gasteiger partial charge in [0.1, 0.15) is 0 Å². The third-order valence-corrected chi connectivity index (χ3v) is 5.34. The van der Waals surface area contributed by atoms with E-state index in [4.69, 9.17) is 5.73 Å². The summed E-state index contributed by atoms with van der Waals surface area (Å²) in [6, 6.07) is 2.38. The van der Waals surface area contributed by atoms with E-state index in [2.05, 4.69) is 6.07 Å². The summed E-state index contributed by atoms with van der Waals surface area (Å²) in [6.45, 7) is 1.47. The molecule has 0 spiro atoms. The maximum absolute atomic E-state index is 12.6. The Morgan fingerprint density at radius 1 is 1.39 bits per heavy atom. The van der Waals surface area contributed by atoms with Crippen LogP contribution in [0.5, 0.6) is 0 Å². The van der Waals surface area contributed by atoms with Crippen LogP contribution >= 0.6 is 11.3 Å². The molecule has 2 heterocycles. The summed E-state index contributed by atoms with van der Waals surface area (Å²) in [5, 5.41) is 0. The fourth-order valence-corrected chi connectivity index (χ4v) is 4.30. The smallest absolute Gasteiger partial charge is 0.264 e. The Morgan fingerprint density at radius 2 is 2.28 bits per heavy atom. The molecule has 2 N–H and O–H groups in total. The van der Waals surface area contributed by atoms with E-state index in [0.717, 1.165) is 37.1 Å². The Balaban J connectivity index is 1.80. The molecule has 1 aromatic rings. The highest BCUT2D eigenvalue weighted by atomic mass is 32.1. The Labute approximate surface area is 112 Å². The zero-order valence-electron chi connectivity index (χ0n) is 10.7. The minimum absolute atomic E-state index is 0.213. The largest absolute Gasteiger partial charge is 0.334 e. The zero-order valence-corrected chi connectivity index (χ0v) is 11.5. The number of hydrogen-bond donors (Lipinski definition) is 1. The van der Waals surface area contributed by atoms with Crippen molar-refractivity contribution in [1.29, 1.82) is 0 Å². The van der Waals surface area contributed by atoms with Crippen LogP contribution in [0, 0.1) is 0 Å². The van der Waals surface area contributed by atoms with Crippen molar-refractivity contribution in [3.8, 4) is 0 Å². The van der Waals surface area contributed by atoms with Gasteiger partial charge in [-0.2, -0.15) is 0 Å². The lowest BCUT2D eigenvalue weighted by molar-refractivity contribution is 0.0628. The quantitative estimate of drug-likeness (QED) is 0.890. The van der Waals surface area contributed by atoms with Gasteiger partial charge >= 0.3 is 0 Å². The molecule has 1 aromatic heterocycles. The van der Waals surface area contributed by atoms with Gasteiger partial charge in [0, 0.05) is 24.0 Å². The lowest BCUT2D eigenvalue weighted by atomic mass is 10.0. The van der Waals surface area contributed by atoms with Crippen molar-refractivity contribution >= 4 is 17.2 Å². The summed E-state index contributed by atoms with van der Waals surface area (Å²) in [5.74, 6) is 0.213. The normalized spacial score (nSPS) is 23.2. The van der Waals surface area contributed by atoms with Gasteiger partial charge in [0.15, 0.2) is 0 Å². The predicted octanol–water partition coefficient (Wildman–Crippen LogP) is 2.19. The summed E-state index contributed by atoms with van der Waals surface area (Å²) in [6.07, 6.45) is 6.95. The summed E-state index contributed by atoms with van der Waals surface area (Å²) < 4.78 is 0. The van der Waals surface area contributed by atoms with E-state index < -0.39 is 0 Å². The maximum Gasteiger partial charge on any atom is 0.264 e. The lowest BCUT2D eigenvalue weighted by Gasteiger charge is -2.34. The predicted molar refractivity (Wildman–Crippen MR) is 74.1 cm³/mol. The van der Waals surface area contributed by atoms with E-state index in [1.54, 1.807) is 11.3 Å². The van der Waals surface area contributed by atoms with Gasteiger partial charge < -0.3 is 10.6 Å². The molecule has 1 amide bonds. The van der Waals surface area contributed by atoms with Gasteiger partial charge in [-0.05, 0) is 50.2 Å². The van der Waals surface area contributed by atoms with E-state index in [-0.39, 0.29) is 11.9 Å². The van der Waals surface area contributed by atoms with Crippen molar-refractivity contribution in [3.05, 3.63) is 21.4 Å². The van der Waals surface area contributed by atoms with Crippen molar-refractivity contribution < 1.29 is 4.79 Å². The third-order valence-electron chi connectivity index (χ3n) is 4.12. The van der Waals surface area contributed by atoms with E-state index >= 15 is 0 Å². The highest BCUT2D eigenvalue weighted by Crippen LogP contribution is 2.32. The van der Waals surface area contributed by atoms with E-state index in [1.165, 1.54) is 23.3 Å². The molecular weight excluding hydrogens is 244 g/mol. The van der Waals surface area contributed by atoms with Gasteiger partial charge in [-0.15, -0.1) is 11.3 Å². The number of hydrogen-bond acceptors (Lipinski definition) is 3. The molecule has 0 radical (unpaired) electrons. The molecule has 18 heavy (non-hydrogen) atoms. The van der Waals surface area contributed by atoms with Crippen LogP contribution in [0.3, 0.4) is 0 Å². The summed E-state index contributed by atoms with van der Waals surface area (Å²) >= 11 is 1.70. The minimum Gasteiger partial charge on any atom is -0.334 e. The first kappa shape index (κ1) is 12.2. The molecule has 1 aliphatic carbocycles. The number of carbonyl (C=O) groups is 1. The van der Waals surface area contributed by atoms with Gasteiger partial charge in [0.25, 0.3) is 5.91 Å². The fraction of sp³-hybridized carbons (Fsp3) is 0.643. The summed E-state index contributed by atoms with van der Waals surface area (Å²) in [5.41, 5.74) is 7.20. The Bertz CT molecular complexity index is 433. The Kier molecular flexibility index (Phi) is 3.39. The molecule has 2 aliphatic rings. The number of nitrogens with two attached hydrogens (primary N) is 1. The lowest BCUT2D eigenvalue weighted by Crippen LogP contribution is -2.47. The molecule has 1 saturated heterocycles. The first-order chi connectivity index (χ1) is 8.79. The highest BCUT2D eigenvalue weighted by Gasteiger charge is 2.28. The van der Waals surface area contributed by atoms with Crippen molar-refractivity contribution in [3.63, 3.8) is 0 Å². The SMILES string of the molecule is NCC1CCCCN1C(=O)c1cc2c(s1)CCC2. The number of amides is 1. The number of thiophene rings is 1. The first-order valence-corrected chi connectivity index (χ1v) is 7.74. The fourth-order valence-electron chi connectivity index (χ4n) is 3.09. The average Bonchev–Trinajstić information content (AvgIpc) is 2.98. The standard InChI is InChI=1S/C14H20N2OS/c15-9-11-5-1-2-7-16(11)14(17)13-8-10-4-3-6-12(10)18-13/h8,11H,1-7,9,15H2. The topological polar surface area (TPSA) is 46.3 Å². The second kappa shape index (κ2) is 5.02. The number of rotatable bonds is 2. The number of nitrogens with zero attached hydrogens (tertiary/aromatic N) is 1. The molecular formula is C14H20N2OS. The van der Waals surface area contributed by atoms with Gasteiger partial charge in [-0.3, -0.25) is 4.79 Å². The van der Waals surface area contributed by atoms with Crippen LogP contribution < -0.4 is 5.73 Å². The van der Waals surface area contributed by atoms with Crippen LogP contribution in [-0.2, 0) is 12.8 Å². The van der Waals surface area contributed by atoms with Gasteiger partial charge in [-0.25, -0.2) is 0 Å². The molecule has 1 atom stereocenters. The maximum atomic E-state index is 12.6. The summed E-state index contributed by atoms with van der Waals surface area (Å²) in [4.78, 5) is 16.9. The third kappa shape index (κ3) is 2.08. The molecule has 3 nitrogen and oxygen atoms in total. The van der Waals surface area contributed by atoms with Crippen molar-refractivity contribution in [2.24, 2.45) is 5.73 Å². The van der Waals surface area contributed by atoms with Crippen LogP contribution in [0.4, 0.5) is 0 Å². The van der Waals surface area contributed by atoms with Gasteiger partial charge in [0.05, 0.1) is 4.88 Å². The first-order valence-electron chi connectivity index (χ1n) is 6.92. The van der Waals surface area contributed by atoms with E-state index in [0.29, 0.717) is 6.54 Å². The molecule has 1 aliphatic heterocycles. The number of aryl methyl sites for hydroxylation is 2. The molecule has 98 valence electrons. The van der Waals surface area contributed by atoms with E-state index in [9.17, 15) is 4.79 Å². The minimum atomic E-state index is 0.213. The number of likely N-dealkylation sites (tertiary alicyclic amines) is 1. The summed E-state index contributed by atoms with van der Waals surface area (Å²) in [7, 11) is 0. The van der Waals surface area contributed by atoms with Crippen molar-refractivity contribution in [2.75, 3.05) is 13.1 Å². The average molecular weight is 264 g/mol.